The second kappa shape index (κ2) is 21.6. The first-order valence-corrected chi connectivity index (χ1v) is 22.6. The van der Waals surface area contributed by atoms with E-state index >= 15 is 0 Å². The Hall–Kier alpha value is -5.53. The lowest BCUT2D eigenvalue weighted by molar-refractivity contribution is -0.689. The summed E-state index contributed by atoms with van der Waals surface area (Å²) in [6.45, 7) is 0.172. The molecule has 0 N–H and O–H groups in total. The van der Waals surface area contributed by atoms with Crippen molar-refractivity contribution in [2.24, 2.45) is 0 Å². The maximum Gasteiger partial charge on any atom is 0.416 e. The molecule has 416 valence electrons. The number of carbonyl (C=O) groups is 1. The molecule has 0 bridgehead atoms. The molecule has 0 aliphatic carbocycles. The minimum atomic E-state index is -6.13. The van der Waals surface area contributed by atoms with E-state index in [0.717, 1.165) is 0 Å². The van der Waals surface area contributed by atoms with Gasteiger partial charge < -0.3 is 4.74 Å². The number of rotatable bonds is 8. The second-order valence-corrected chi connectivity index (χ2v) is 22.6. The first-order valence-electron chi connectivity index (χ1n) is 20.2. The SMILES string of the molecule is FC(F)(F)c1cc([B-](c2cc(C(F)(F)F)cc(C(F)(F)F)c2)(c2cc(C(F)(F)F)cc(C(F)(F)F)c2)c2cc(C(F)(F)F)cc(C(F)(F)F)c2)cc(C(F)(F)F)c1.O=C(C[n+]1ccncc1OC(Br)(Br)Br)c1ccccc1. The molecule has 5 aromatic carbocycles. The smallest absolute Gasteiger partial charge is 0.404 e. The summed E-state index contributed by atoms with van der Waals surface area (Å²) in [4.78, 5) is 16.2. The van der Waals surface area contributed by atoms with Crippen LogP contribution in [0.25, 0.3) is 0 Å². The fourth-order valence-corrected chi connectivity index (χ4v) is 8.15. The molecule has 6 rings (SSSR count). The summed E-state index contributed by atoms with van der Waals surface area (Å²) in [7, 11) is 0. The van der Waals surface area contributed by atoms with E-state index in [1.54, 1.807) is 29.1 Å². The summed E-state index contributed by atoms with van der Waals surface area (Å²) < 4.78 is 347. The minimum Gasteiger partial charge on any atom is -0.404 e. The quantitative estimate of drug-likeness (QED) is 0.0501. The van der Waals surface area contributed by atoms with Crippen molar-refractivity contribution in [2.45, 2.75) is 58.3 Å². The van der Waals surface area contributed by atoms with Crippen LogP contribution in [0.15, 0.2) is 122 Å². The first-order chi connectivity index (χ1) is 34.7. The number of ketones is 1. The standard InChI is InChI=1S/C32H12BF24.C13H10Br3N2O2/c34-25(35,36)13-1-14(26(37,38)39)6-21(5-13)33(22-7-15(27(40,41)42)2-16(8-22)28(43,44)45,23-9-17(29(46,47)48)3-18(10-23)30(49,50)51)24-11-19(31(52,53)54)4-20(12-24)32(55,56)57;14-13(15,16)20-12-8-17-6-7-18(12)9-11(19)10-4-2-1-3-5-10/h1-12H;1-8H,9H2/q-1;+1. The fourth-order valence-electron chi connectivity index (χ4n) is 7.65. The van der Waals surface area contributed by atoms with Gasteiger partial charge in [-0.3, -0.25) is 4.79 Å². The summed E-state index contributed by atoms with van der Waals surface area (Å²) in [5.74, 6) is 0.443. The van der Waals surface area contributed by atoms with Crippen LogP contribution in [-0.2, 0) is 56.0 Å². The van der Waals surface area contributed by atoms with Gasteiger partial charge in [-0.05, 0) is 72.1 Å². The van der Waals surface area contributed by atoms with Crippen LogP contribution in [0.1, 0.15) is 54.9 Å². The van der Waals surface area contributed by atoms with Crippen LogP contribution in [0.4, 0.5) is 105 Å². The van der Waals surface area contributed by atoms with Gasteiger partial charge in [0.2, 0.25) is 12.3 Å². The summed E-state index contributed by atoms with van der Waals surface area (Å²) >= 11 is 9.74. The highest BCUT2D eigenvalue weighted by Crippen LogP contribution is 2.42. The van der Waals surface area contributed by atoms with Crippen LogP contribution in [-0.4, -0.2) is 19.2 Å². The predicted octanol–water partition coefficient (Wildman–Crippen LogP) is 14.6. The van der Waals surface area contributed by atoms with Crippen molar-refractivity contribution in [3.8, 4) is 5.88 Å². The van der Waals surface area contributed by atoms with E-state index in [1.807, 2.05) is 18.2 Å². The van der Waals surface area contributed by atoms with Crippen molar-refractivity contribution in [3.05, 3.63) is 172 Å². The normalized spacial score (nSPS) is 13.5. The molecule has 0 fully saturated rings. The molecular formula is C45H22BBr3F24N2O2. The van der Waals surface area contributed by atoms with E-state index in [1.165, 1.54) is 6.20 Å². The number of hydrogen-bond acceptors (Lipinski definition) is 3. The van der Waals surface area contributed by atoms with Crippen LogP contribution >= 0.6 is 47.8 Å². The van der Waals surface area contributed by atoms with Crippen molar-refractivity contribution in [3.63, 3.8) is 0 Å². The number of aromatic nitrogens is 2. The lowest BCUT2D eigenvalue weighted by Gasteiger charge is -2.46. The van der Waals surface area contributed by atoms with E-state index in [0.29, 0.717) is 11.4 Å². The van der Waals surface area contributed by atoms with Gasteiger partial charge >= 0.3 is 55.3 Å². The van der Waals surface area contributed by atoms with Gasteiger partial charge in [0.1, 0.15) is 12.3 Å². The third-order valence-corrected chi connectivity index (χ3v) is 11.4. The predicted molar refractivity (Wildman–Crippen MR) is 235 cm³/mol. The molecule has 32 heteroatoms. The highest BCUT2D eigenvalue weighted by Gasteiger charge is 2.47. The molecule has 6 aromatic rings. The second-order valence-electron chi connectivity index (χ2n) is 16.1. The van der Waals surface area contributed by atoms with Crippen molar-refractivity contribution >= 4 is 81.6 Å². The molecule has 0 aliphatic heterocycles. The number of carbonyl (C=O) groups excluding carboxylic acids is 1. The largest absolute Gasteiger partial charge is 0.416 e. The maximum absolute atomic E-state index is 14.2. The number of nitrogens with zero attached hydrogens (tertiary/aromatic N) is 2. The van der Waals surface area contributed by atoms with Crippen LogP contribution in [0, 0.1) is 0 Å². The molecule has 1 heterocycles. The molecule has 0 aliphatic rings. The van der Waals surface area contributed by atoms with Crippen molar-refractivity contribution in [2.75, 3.05) is 0 Å². The van der Waals surface area contributed by atoms with Gasteiger partial charge in [-0.2, -0.15) is 132 Å². The zero-order valence-corrected chi connectivity index (χ0v) is 41.5. The van der Waals surface area contributed by atoms with Crippen LogP contribution in [0.3, 0.4) is 0 Å². The molecule has 0 unspecified atom stereocenters. The van der Waals surface area contributed by atoms with Gasteiger partial charge in [-0.15, -0.1) is 0 Å². The molecule has 77 heavy (non-hydrogen) atoms. The zero-order valence-electron chi connectivity index (χ0n) is 36.7. The Morgan fingerprint density at radius 1 is 0.429 bits per heavy atom. The van der Waals surface area contributed by atoms with Gasteiger partial charge in [-0.1, -0.05) is 78.9 Å². The average Bonchev–Trinajstić information content (AvgIpc) is 3.27. The minimum absolute atomic E-state index is 0.00373. The number of alkyl halides is 27. The van der Waals surface area contributed by atoms with Crippen molar-refractivity contribution in [1.82, 2.24) is 4.98 Å². The molecule has 0 saturated heterocycles. The summed E-state index contributed by atoms with van der Waals surface area (Å²) in [5.41, 5.74) is -29.5. The number of Topliss-reactive ketones (excluding diaryl/α,β-unsaturated/α-hetero) is 1. The number of ether oxygens (including phenoxy) is 1. The number of hydrogen-bond donors (Lipinski definition) is 0. The Morgan fingerprint density at radius 3 is 0.922 bits per heavy atom. The third kappa shape index (κ3) is 15.4. The van der Waals surface area contributed by atoms with E-state index < -0.39 is 197 Å². The maximum atomic E-state index is 14.2. The lowest BCUT2D eigenvalue weighted by atomic mass is 9.12. The Bertz CT molecular complexity index is 2670. The number of halogens is 27. The lowest BCUT2D eigenvalue weighted by Crippen LogP contribution is -2.75. The van der Waals surface area contributed by atoms with Gasteiger partial charge in [0.15, 0.2) is 6.20 Å². The molecule has 0 amide bonds. The van der Waals surface area contributed by atoms with E-state index in [4.69, 9.17) is 4.74 Å². The van der Waals surface area contributed by atoms with Crippen molar-refractivity contribution < 1.29 is 119 Å². The Labute approximate surface area is 440 Å². The van der Waals surface area contributed by atoms with Gasteiger partial charge in [0, 0.05) is 5.56 Å². The Kier molecular flexibility index (Phi) is 17.5. The van der Waals surface area contributed by atoms with Gasteiger partial charge in [-0.25, -0.2) is 4.98 Å². The van der Waals surface area contributed by atoms with E-state index in [-0.39, 0.29) is 12.3 Å². The molecule has 4 nitrogen and oxygen atoms in total. The average molecular weight is 1330 g/mol. The molecule has 0 spiro atoms. The van der Waals surface area contributed by atoms with Crippen molar-refractivity contribution in [1.29, 1.82) is 0 Å². The van der Waals surface area contributed by atoms with Gasteiger partial charge in [0.25, 0.3) is 2.33 Å². The Balaban J connectivity index is 0.000000455. The van der Waals surface area contributed by atoms with Crippen LogP contribution in [0.2, 0.25) is 0 Å². The van der Waals surface area contributed by atoms with E-state index in [2.05, 4.69) is 52.8 Å². The first kappa shape index (κ1) is 62.3. The monoisotopic (exact) mass is 1330 g/mol. The topological polar surface area (TPSA) is 43.1 Å². The summed E-state index contributed by atoms with van der Waals surface area (Å²) in [6, 6.07) is 0.308. The van der Waals surface area contributed by atoms with Crippen LogP contribution in [0.5, 0.6) is 5.88 Å². The third-order valence-electron chi connectivity index (χ3n) is 10.9. The van der Waals surface area contributed by atoms with Gasteiger partial charge in [0.05, 0.1) is 50.7 Å². The highest BCUT2D eigenvalue weighted by molar-refractivity contribution is 9.39. The summed E-state index contributed by atoms with van der Waals surface area (Å²) in [5, 5.41) is 0. The van der Waals surface area contributed by atoms with Crippen LogP contribution < -0.4 is 31.2 Å². The highest BCUT2D eigenvalue weighted by atomic mass is 80.0. The fraction of sp³-hybridized carbons (Fsp3) is 0.222. The zero-order chi connectivity index (χ0) is 58.5. The number of benzene rings is 5. The molecule has 0 radical (unpaired) electrons. The molecule has 0 atom stereocenters. The molecule has 1 aromatic heterocycles. The molecular weight excluding hydrogens is 1310 g/mol. The summed E-state index contributed by atoms with van der Waals surface area (Å²) in [6.07, 6.45) is -50.0. The Morgan fingerprint density at radius 2 is 0.688 bits per heavy atom. The van der Waals surface area contributed by atoms with E-state index in [9.17, 15) is 110 Å². The molecule has 0 saturated carbocycles.